The summed E-state index contributed by atoms with van der Waals surface area (Å²) in [6.45, 7) is 4.22. The second-order valence-electron chi connectivity index (χ2n) is 4.15. The molecule has 1 aromatic carbocycles. The molecule has 1 aromatic rings. The van der Waals surface area contributed by atoms with E-state index >= 15 is 0 Å². The third kappa shape index (κ3) is 4.48. The molecule has 0 amide bonds. The minimum atomic E-state index is -0.535. The van der Waals surface area contributed by atoms with Gasteiger partial charge in [-0.15, -0.1) is 0 Å². The lowest BCUT2D eigenvalue weighted by Crippen LogP contribution is -2.37. The first kappa shape index (κ1) is 14.2. The van der Waals surface area contributed by atoms with Gasteiger partial charge < -0.3 is 10.5 Å². The van der Waals surface area contributed by atoms with Crippen LogP contribution >= 0.6 is 15.9 Å². The van der Waals surface area contributed by atoms with E-state index in [1.807, 2.05) is 38.1 Å². The maximum Gasteiger partial charge on any atom is 0.323 e. The maximum absolute atomic E-state index is 11.6. The molecule has 4 heteroatoms. The smallest absolute Gasteiger partial charge is 0.323 e. The molecule has 0 saturated heterocycles. The number of halogens is 1. The molecule has 0 fully saturated rings. The summed E-state index contributed by atoms with van der Waals surface area (Å²) in [4.78, 5) is 11.6. The van der Waals surface area contributed by atoms with Crippen molar-refractivity contribution < 1.29 is 9.53 Å². The fraction of sp³-hybridized carbons (Fsp3) is 0.462. The van der Waals surface area contributed by atoms with E-state index in [4.69, 9.17) is 10.5 Å². The van der Waals surface area contributed by atoms with Crippen LogP contribution in [-0.4, -0.2) is 12.0 Å². The number of benzene rings is 1. The van der Waals surface area contributed by atoms with E-state index in [9.17, 15) is 4.79 Å². The van der Waals surface area contributed by atoms with E-state index in [-0.39, 0.29) is 18.5 Å². The highest BCUT2D eigenvalue weighted by atomic mass is 79.9. The van der Waals surface area contributed by atoms with Gasteiger partial charge in [0.15, 0.2) is 0 Å². The molecule has 0 radical (unpaired) electrons. The molecule has 1 rings (SSSR count). The molecular weight excluding hydrogens is 282 g/mol. The maximum atomic E-state index is 11.6. The standard InChI is InChI=1S/C13H18BrNO2/c1-3-9(2)12(15)13(16)17-8-10-5-4-6-11(14)7-10/h4-7,9,12H,3,8,15H2,1-2H3/t9?,12-/m0/s1. The molecule has 1 unspecified atom stereocenters. The Bertz CT molecular complexity index is 381. The average Bonchev–Trinajstić information content (AvgIpc) is 2.34. The number of carbonyl (C=O) groups excluding carboxylic acids is 1. The van der Waals surface area contributed by atoms with Crippen LogP contribution in [0, 0.1) is 5.92 Å². The van der Waals surface area contributed by atoms with Gasteiger partial charge in [-0.2, -0.15) is 0 Å². The van der Waals surface area contributed by atoms with Crippen LogP contribution in [0.2, 0.25) is 0 Å². The van der Waals surface area contributed by atoms with Gasteiger partial charge in [0.2, 0.25) is 0 Å². The number of hydrogen-bond acceptors (Lipinski definition) is 3. The molecule has 0 bridgehead atoms. The van der Waals surface area contributed by atoms with Crippen molar-refractivity contribution in [3.8, 4) is 0 Å². The number of nitrogens with two attached hydrogens (primary N) is 1. The van der Waals surface area contributed by atoms with Crippen LogP contribution < -0.4 is 5.73 Å². The Hall–Kier alpha value is -0.870. The molecule has 0 aromatic heterocycles. The second kappa shape index (κ2) is 6.77. The summed E-state index contributed by atoms with van der Waals surface area (Å²) in [7, 11) is 0. The lowest BCUT2D eigenvalue weighted by atomic mass is 10.0. The van der Waals surface area contributed by atoms with Crippen molar-refractivity contribution >= 4 is 21.9 Å². The van der Waals surface area contributed by atoms with Crippen LogP contribution in [0.15, 0.2) is 28.7 Å². The minimum absolute atomic E-state index is 0.144. The molecule has 2 atom stereocenters. The van der Waals surface area contributed by atoms with Crippen LogP contribution in [0.25, 0.3) is 0 Å². The Morgan fingerprint density at radius 2 is 2.24 bits per heavy atom. The molecule has 3 nitrogen and oxygen atoms in total. The van der Waals surface area contributed by atoms with E-state index in [2.05, 4.69) is 15.9 Å². The summed E-state index contributed by atoms with van der Waals surface area (Å²) < 4.78 is 6.15. The highest BCUT2D eigenvalue weighted by molar-refractivity contribution is 9.10. The van der Waals surface area contributed by atoms with Gasteiger partial charge in [-0.25, -0.2) is 0 Å². The fourth-order valence-corrected chi connectivity index (χ4v) is 1.81. The van der Waals surface area contributed by atoms with Crippen molar-refractivity contribution in [2.75, 3.05) is 0 Å². The quantitative estimate of drug-likeness (QED) is 0.851. The van der Waals surface area contributed by atoms with Gasteiger partial charge in [0, 0.05) is 4.47 Å². The molecule has 0 spiro atoms. The van der Waals surface area contributed by atoms with Gasteiger partial charge in [0.25, 0.3) is 0 Å². The lowest BCUT2D eigenvalue weighted by Gasteiger charge is -2.16. The monoisotopic (exact) mass is 299 g/mol. The Morgan fingerprint density at radius 3 is 2.82 bits per heavy atom. The van der Waals surface area contributed by atoms with Gasteiger partial charge in [-0.1, -0.05) is 48.3 Å². The largest absolute Gasteiger partial charge is 0.460 e. The van der Waals surface area contributed by atoms with Crippen LogP contribution in [0.5, 0.6) is 0 Å². The summed E-state index contributed by atoms with van der Waals surface area (Å²) in [5.74, 6) is -0.190. The lowest BCUT2D eigenvalue weighted by molar-refractivity contribution is -0.147. The Labute approximate surface area is 110 Å². The fourth-order valence-electron chi connectivity index (χ4n) is 1.36. The molecule has 0 heterocycles. The van der Waals surface area contributed by atoms with Crippen LogP contribution in [0.4, 0.5) is 0 Å². The molecule has 0 aliphatic rings. The van der Waals surface area contributed by atoms with Gasteiger partial charge in [0.1, 0.15) is 12.6 Å². The normalized spacial score (nSPS) is 14.1. The van der Waals surface area contributed by atoms with Crippen LogP contribution in [-0.2, 0) is 16.1 Å². The zero-order valence-corrected chi connectivity index (χ0v) is 11.7. The third-order valence-corrected chi connectivity index (χ3v) is 3.29. The number of carbonyl (C=O) groups is 1. The van der Waals surface area contributed by atoms with Gasteiger partial charge in [-0.3, -0.25) is 4.79 Å². The molecule has 0 aliphatic heterocycles. The SMILES string of the molecule is CCC(C)[C@H](N)C(=O)OCc1cccc(Br)c1. The second-order valence-corrected chi connectivity index (χ2v) is 5.06. The molecule has 0 aliphatic carbocycles. The highest BCUT2D eigenvalue weighted by Crippen LogP contribution is 2.13. The van der Waals surface area contributed by atoms with Gasteiger partial charge >= 0.3 is 5.97 Å². The number of esters is 1. The van der Waals surface area contributed by atoms with Crippen molar-refractivity contribution in [1.29, 1.82) is 0 Å². The molecule has 94 valence electrons. The zero-order chi connectivity index (χ0) is 12.8. The summed E-state index contributed by atoms with van der Waals surface area (Å²) in [6.07, 6.45) is 0.868. The number of hydrogen-bond donors (Lipinski definition) is 1. The summed E-state index contributed by atoms with van der Waals surface area (Å²) >= 11 is 3.37. The topological polar surface area (TPSA) is 52.3 Å². The van der Waals surface area contributed by atoms with E-state index < -0.39 is 6.04 Å². The van der Waals surface area contributed by atoms with Crippen LogP contribution in [0.1, 0.15) is 25.8 Å². The van der Waals surface area contributed by atoms with Crippen molar-refractivity contribution in [2.24, 2.45) is 11.7 Å². The zero-order valence-electron chi connectivity index (χ0n) is 10.2. The molecule has 0 saturated carbocycles. The average molecular weight is 300 g/mol. The predicted octanol–water partition coefficient (Wildman–Crippen LogP) is 2.87. The first-order valence-corrected chi connectivity index (χ1v) is 6.50. The molecular formula is C13H18BrNO2. The number of ether oxygens (including phenoxy) is 1. The molecule has 2 N–H and O–H groups in total. The Balaban J connectivity index is 2.48. The Kier molecular flexibility index (Phi) is 5.65. The van der Waals surface area contributed by atoms with E-state index in [0.29, 0.717) is 0 Å². The first-order chi connectivity index (χ1) is 8.04. The van der Waals surface area contributed by atoms with Crippen LogP contribution in [0.3, 0.4) is 0 Å². The summed E-state index contributed by atoms with van der Waals surface area (Å²) in [5, 5.41) is 0. The van der Waals surface area contributed by atoms with E-state index in [1.165, 1.54) is 0 Å². The van der Waals surface area contributed by atoms with E-state index in [0.717, 1.165) is 16.5 Å². The third-order valence-electron chi connectivity index (χ3n) is 2.80. The highest BCUT2D eigenvalue weighted by Gasteiger charge is 2.20. The first-order valence-electron chi connectivity index (χ1n) is 5.71. The molecule has 17 heavy (non-hydrogen) atoms. The van der Waals surface area contributed by atoms with Crippen molar-refractivity contribution in [1.82, 2.24) is 0 Å². The summed E-state index contributed by atoms with van der Waals surface area (Å²) in [5.41, 5.74) is 6.73. The minimum Gasteiger partial charge on any atom is -0.460 e. The van der Waals surface area contributed by atoms with Gasteiger partial charge in [-0.05, 0) is 23.6 Å². The predicted molar refractivity (Wildman–Crippen MR) is 71.4 cm³/mol. The Morgan fingerprint density at radius 1 is 1.53 bits per heavy atom. The van der Waals surface area contributed by atoms with Crippen molar-refractivity contribution in [3.63, 3.8) is 0 Å². The number of rotatable bonds is 5. The van der Waals surface area contributed by atoms with E-state index in [1.54, 1.807) is 0 Å². The summed E-state index contributed by atoms with van der Waals surface area (Å²) in [6, 6.07) is 7.12. The van der Waals surface area contributed by atoms with Crippen molar-refractivity contribution in [2.45, 2.75) is 32.9 Å². The van der Waals surface area contributed by atoms with Gasteiger partial charge in [0.05, 0.1) is 0 Å². The van der Waals surface area contributed by atoms with Crippen molar-refractivity contribution in [3.05, 3.63) is 34.3 Å².